The summed E-state index contributed by atoms with van der Waals surface area (Å²) in [5.41, 5.74) is 8.79. The van der Waals surface area contributed by atoms with Crippen LogP contribution in [0, 0.1) is 6.92 Å². The fourth-order valence-corrected chi connectivity index (χ4v) is 2.14. The molecule has 2 rings (SSSR count). The van der Waals surface area contributed by atoms with Crippen molar-refractivity contribution in [1.82, 2.24) is 0 Å². The lowest BCUT2D eigenvalue weighted by Crippen LogP contribution is -2.19. The van der Waals surface area contributed by atoms with Crippen molar-refractivity contribution in [2.45, 2.75) is 6.92 Å². The molecule has 0 bridgehead atoms. The molecule has 0 saturated heterocycles. The zero-order valence-corrected chi connectivity index (χ0v) is 12.0. The van der Waals surface area contributed by atoms with Crippen LogP contribution in [0.4, 0.5) is 21.9 Å². The number of carbonyl (C=O) groups is 1. The standard InChI is InChI=1S/C14H14BrN3O/c1-9-3-2-4-11(7-9)17-14(19)18-13-6-5-10(16)8-12(13)15/h2-8H,16H2,1H3,(H2,17,18,19). The summed E-state index contributed by atoms with van der Waals surface area (Å²) in [6.45, 7) is 1.97. The van der Waals surface area contributed by atoms with Crippen molar-refractivity contribution in [2.75, 3.05) is 16.4 Å². The number of nitrogens with two attached hydrogens (primary N) is 1. The summed E-state index contributed by atoms with van der Waals surface area (Å²) in [6.07, 6.45) is 0. The number of rotatable bonds is 2. The number of amides is 2. The number of hydrogen-bond donors (Lipinski definition) is 3. The van der Waals surface area contributed by atoms with Crippen LogP contribution in [0.3, 0.4) is 0 Å². The van der Waals surface area contributed by atoms with Crippen LogP contribution in [-0.2, 0) is 0 Å². The average Bonchev–Trinajstić information content (AvgIpc) is 2.33. The zero-order chi connectivity index (χ0) is 13.8. The van der Waals surface area contributed by atoms with E-state index in [0.717, 1.165) is 15.7 Å². The van der Waals surface area contributed by atoms with Crippen LogP contribution in [0.5, 0.6) is 0 Å². The van der Waals surface area contributed by atoms with Gasteiger partial charge in [0.05, 0.1) is 5.69 Å². The molecular formula is C14H14BrN3O. The molecule has 0 saturated carbocycles. The molecule has 2 aromatic rings. The van der Waals surface area contributed by atoms with Gasteiger partial charge in [-0.2, -0.15) is 0 Å². The predicted molar refractivity (Wildman–Crippen MR) is 82.4 cm³/mol. The molecule has 5 heteroatoms. The summed E-state index contributed by atoms with van der Waals surface area (Å²) in [4.78, 5) is 11.9. The van der Waals surface area contributed by atoms with Crippen molar-refractivity contribution in [3.05, 3.63) is 52.5 Å². The zero-order valence-electron chi connectivity index (χ0n) is 10.4. The molecular weight excluding hydrogens is 306 g/mol. The lowest BCUT2D eigenvalue weighted by molar-refractivity contribution is 0.262. The molecule has 0 unspecified atom stereocenters. The van der Waals surface area contributed by atoms with Crippen LogP contribution in [0.2, 0.25) is 0 Å². The molecule has 2 amide bonds. The van der Waals surface area contributed by atoms with Gasteiger partial charge in [0.25, 0.3) is 0 Å². The summed E-state index contributed by atoms with van der Waals surface area (Å²) in [5, 5.41) is 5.52. The summed E-state index contributed by atoms with van der Waals surface area (Å²) < 4.78 is 0.742. The Labute approximate surface area is 120 Å². The van der Waals surface area contributed by atoms with Crippen molar-refractivity contribution >= 4 is 39.0 Å². The summed E-state index contributed by atoms with van der Waals surface area (Å²) in [5.74, 6) is 0. The fourth-order valence-electron chi connectivity index (χ4n) is 1.64. The Morgan fingerprint density at radius 3 is 2.63 bits per heavy atom. The number of carbonyl (C=O) groups excluding carboxylic acids is 1. The first-order valence-corrected chi connectivity index (χ1v) is 6.53. The minimum atomic E-state index is -0.295. The van der Waals surface area contributed by atoms with Gasteiger partial charge in [-0.15, -0.1) is 0 Å². The Balaban J connectivity index is 2.05. The summed E-state index contributed by atoms with van der Waals surface area (Å²) in [7, 11) is 0. The molecule has 0 aliphatic heterocycles. The first-order valence-electron chi connectivity index (χ1n) is 5.74. The third-order valence-electron chi connectivity index (χ3n) is 2.52. The van der Waals surface area contributed by atoms with Crippen molar-refractivity contribution < 1.29 is 4.79 Å². The predicted octanol–water partition coefficient (Wildman–Crippen LogP) is 3.98. The highest BCUT2D eigenvalue weighted by molar-refractivity contribution is 9.10. The van der Waals surface area contributed by atoms with E-state index in [0.29, 0.717) is 11.4 Å². The maximum atomic E-state index is 11.9. The second-order valence-electron chi connectivity index (χ2n) is 4.19. The third-order valence-corrected chi connectivity index (χ3v) is 3.17. The van der Waals surface area contributed by atoms with Crippen LogP contribution in [0.15, 0.2) is 46.9 Å². The molecule has 0 aromatic heterocycles. The highest BCUT2D eigenvalue weighted by Crippen LogP contribution is 2.24. The Morgan fingerprint density at radius 1 is 1.16 bits per heavy atom. The van der Waals surface area contributed by atoms with E-state index in [1.54, 1.807) is 18.2 Å². The quantitative estimate of drug-likeness (QED) is 0.733. The maximum Gasteiger partial charge on any atom is 0.323 e. The van der Waals surface area contributed by atoms with E-state index in [1.807, 2.05) is 31.2 Å². The van der Waals surface area contributed by atoms with E-state index in [-0.39, 0.29) is 6.03 Å². The van der Waals surface area contributed by atoms with Gasteiger partial charge in [-0.3, -0.25) is 0 Å². The van der Waals surface area contributed by atoms with Crippen molar-refractivity contribution in [2.24, 2.45) is 0 Å². The van der Waals surface area contributed by atoms with E-state index in [4.69, 9.17) is 5.73 Å². The van der Waals surface area contributed by atoms with Crippen molar-refractivity contribution in [3.63, 3.8) is 0 Å². The molecule has 98 valence electrons. The fraction of sp³-hybridized carbons (Fsp3) is 0.0714. The molecule has 4 N–H and O–H groups in total. The summed E-state index contributed by atoms with van der Waals surface area (Å²) >= 11 is 3.35. The van der Waals surface area contributed by atoms with Gasteiger partial charge in [0.15, 0.2) is 0 Å². The van der Waals surface area contributed by atoms with E-state index >= 15 is 0 Å². The van der Waals surface area contributed by atoms with E-state index < -0.39 is 0 Å². The van der Waals surface area contributed by atoms with Crippen LogP contribution >= 0.6 is 15.9 Å². The van der Waals surface area contributed by atoms with E-state index in [1.165, 1.54) is 0 Å². The highest BCUT2D eigenvalue weighted by atomic mass is 79.9. The minimum absolute atomic E-state index is 0.295. The van der Waals surface area contributed by atoms with Gasteiger partial charge in [0.1, 0.15) is 0 Å². The number of nitrogens with one attached hydrogen (secondary N) is 2. The third kappa shape index (κ3) is 3.72. The minimum Gasteiger partial charge on any atom is -0.399 e. The number of benzene rings is 2. The van der Waals surface area contributed by atoms with E-state index in [9.17, 15) is 4.79 Å². The molecule has 0 radical (unpaired) electrons. The SMILES string of the molecule is Cc1cccc(NC(=O)Nc2ccc(N)cc2Br)c1. The molecule has 0 aliphatic rings. The highest BCUT2D eigenvalue weighted by Gasteiger charge is 2.06. The monoisotopic (exact) mass is 319 g/mol. The lowest BCUT2D eigenvalue weighted by atomic mass is 10.2. The largest absolute Gasteiger partial charge is 0.399 e. The van der Waals surface area contributed by atoms with Crippen LogP contribution in [-0.4, -0.2) is 6.03 Å². The Kier molecular flexibility index (Phi) is 4.06. The maximum absolute atomic E-state index is 11.9. The molecule has 0 fully saturated rings. The number of aryl methyl sites for hydroxylation is 1. The van der Waals surface area contributed by atoms with Crippen LogP contribution in [0.25, 0.3) is 0 Å². The molecule has 0 heterocycles. The van der Waals surface area contributed by atoms with Gasteiger partial charge in [0, 0.05) is 15.8 Å². The van der Waals surface area contributed by atoms with Crippen LogP contribution < -0.4 is 16.4 Å². The number of hydrogen-bond acceptors (Lipinski definition) is 2. The number of urea groups is 1. The Hall–Kier alpha value is -2.01. The van der Waals surface area contributed by atoms with Crippen LogP contribution in [0.1, 0.15) is 5.56 Å². The molecule has 0 spiro atoms. The first-order chi connectivity index (χ1) is 9.04. The van der Waals surface area contributed by atoms with Crippen molar-refractivity contribution in [1.29, 1.82) is 0 Å². The van der Waals surface area contributed by atoms with Gasteiger partial charge in [-0.25, -0.2) is 4.79 Å². The topological polar surface area (TPSA) is 67.2 Å². The first kappa shape index (κ1) is 13.4. The molecule has 4 nitrogen and oxygen atoms in total. The molecule has 2 aromatic carbocycles. The van der Waals surface area contributed by atoms with Gasteiger partial charge in [-0.1, -0.05) is 12.1 Å². The molecule has 0 aliphatic carbocycles. The second-order valence-corrected chi connectivity index (χ2v) is 5.04. The Bertz CT molecular complexity index is 613. The molecule has 0 atom stereocenters. The number of nitrogen functional groups attached to an aromatic ring is 1. The van der Waals surface area contributed by atoms with Gasteiger partial charge < -0.3 is 16.4 Å². The molecule has 19 heavy (non-hydrogen) atoms. The lowest BCUT2D eigenvalue weighted by Gasteiger charge is -2.10. The summed E-state index contributed by atoms with van der Waals surface area (Å²) in [6, 6.07) is 12.5. The van der Waals surface area contributed by atoms with Gasteiger partial charge in [-0.05, 0) is 58.7 Å². The van der Waals surface area contributed by atoms with E-state index in [2.05, 4.69) is 26.6 Å². The number of anilines is 3. The number of halogens is 1. The normalized spacial score (nSPS) is 10.0. The second kappa shape index (κ2) is 5.75. The average molecular weight is 320 g/mol. The Morgan fingerprint density at radius 2 is 1.95 bits per heavy atom. The van der Waals surface area contributed by atoms with Crippen molar-refractivity contribution in [3.8, 4) is 0 Å². The van der Waals surface area contributed by atoms with Gasteiger partial charge >= 0.3 is 6.03 Å². The smallest absolute Gasteiger partial charge is 0.323 e. The van der Waals surface area contributed by atoms with Gasteiger partial charge in [0.2, 0.25) is 0 Å².